The third-order valence-electron chi connectivity index (χ3n) is 5.46. The number of aryl methyl sites for hydroxylation is 1. The number of hydrogen-bond donors (Lipinski definition) is 0. The van der Waals surface area contributed by atoms with Gasteiger partial charge in [0.2, 0.25) is 5.91 Å². The van der Waals surface area contributed by atoms with Crippen molar-refractivity contribution in [2.75, 3.05) is 31.2 Å². The molecule has 0 saturated carbocycles. The average Bonchev–Trinajstić information content (AvgIpc) is 2.75. The molecule has 1 amide bonds. The van der Waals surface area contributed by atoms with Gasteiger partial charge in [-0.3, -0.25) is 14.7 Å². The van der Waals surface area contributed by atoms with E-state index in [0.717, 1.165) is 55.2 Å². The van der Waals surface area contributed by atoms with Crippen molar-refractivity contribution in [1.82, 2.24) is 14.9 Å². The Hall–Kier alpha value is -2.76. The van der Waals surface area contributed by atoms with Crippen LogP contribution >= 0.6 is 0 Å². The van der Waals surface area contributed by atoms with Crippen LogP contribution in [0.25, 0.3) is 10.9 Å². The summed E-state index contributed by atoms with van der Waals surface area (Å²) in [5.74, 6) is 0.139. The van der Waals surface area contributed by atoms with Gasteiger partial charge in [-0.25, -0.2) is 10.0 Å². The molecule has 1 saturated heterocycles. The predicted molar refractivity (Wildman–Crippen MR) is 118 cm³/mol. The summed E-state index contributed by atoms with van der Waals surface area (Å²) < 4.78 is 0. The largest absolute Gasteiger partial charge is 0.295 e. The van der Waals surface area contributed by atoms with Crippen LogP contribution < -0.4 is 5.01 Å². The minimum atomic E-state index is 0.139. The number of pyridine rings is 1. The first-order valence-electron chi connectivity index (χ1n) is 10.4. The van der Waals surface area contributed by atoms with Gasteiger partial charge in [0.25, 0.3) is 0 Å². The molecule has 0 atom stereocenters. The van der Waals surface area contributed by atoms with E-state index in [-0.39, 0.29) is 5.91 Å². The van der Waals surface area contributed by atoms with Crippen molar-refractivity contribution in [1.29, 1.82) is 0 Å². The van der Waals surface area contributed by atoms with E-state index in [9.17, 15) is 4.79 Å². The molecule has 1 fully saturated rings. The number of rotatable bonds is 5. The molecule has 0 bridgehead atoms. The lowest BCUT2D eigenvalue weighted by atomic mass is 10.2. The summed E-state index contributed by atoms with van der Waals surface area (Å²) in [5, 5.41) is 5.23. The Bertz CT molecular complexity index is 995. The molecule has 5 nitrogen and oxygen atoms in total. The molecule has 150 valence electrons. The molecule has 0 radical (unpaired) electrons. The first-order valence-corrected chi connectivity index (χ1v) is 10.4. The van der Waals surface area contributed by atoms with Gasteiger partial charge in [0, 0.05) is 44.5 Å². The number of aromatic nitrogens is 1. The fourth-order valence-corrected chi connectivity index (χ4v) is 3.90. The van der Waals surface area contributed by atoms with Crippen molar-refractivity contribution < 1.29 is 4.79 Å². The van der Waals surface area contributed by atoms with Crippen molar-refractivity contribution in [3.63, 3.8) is 0 Å². The average molecular weight is 389 g/mol. The fourth-order valence-electron chi connectivity index (χ4n) is 3.90. The molecule has 3 aromatic rings. The lowest BCUT2D eigenvalue weighted by molar-refractivity contribution is -0.122. The van der Waals surface area contributed by atoms with Crippen molar-refractivity contribution in [2.45, 2.75) is 26.8 Å². The van der Waals surface area contributed by atoms with E-state index >= 15 is 0 Å². The van der Waals surface area contributed by atoms with E-state index in [2.05, 4.69) is 53.2 Å². The maximum absolute atomic E-state index is 12.7. The number of hydrogen-bond acceptors (Lipinski definition) is 4. The van der Waals surface area contributed by atoms with Gasteiger partial charge in [-0.05, 0) is 36.8 Å². The number of nitrogens with zero attached hydrogens (tertiary/aromatic N) is 4. The molecule has 0 unspecified atom stereocenters. The quantitative estimate of drug-likeness (QED) is 0.662. The lowest BCUT2D eigenvalue weighted by Crippen LogP contribution is -2.55. The molecule has 29 heavy (non-hydrogen) atoms. The molecule has 5 heteroatoms. The van der Waals surface area contributed by atoms with Crippen LogP contribution in [-0.4, -0.2) is 47.0 Å². The third-order valence-corrected chi connectivity index (χ3v) is 5.46. The summed E-state index contributed by atoms with van der Waals surface area (Å²) in [4.78, 5) is 19.9. The molecule has 0 N–H and O–H groups in total. The van der Waals surface area contributed by atoms with E-state index in [1.54, 1.807) is 0 Å². The minimum Gasteiger partial charge on any atom is -0.295 e. The second kappa shape index (κ2) is 8.72. The van der Waals surface area contributed by atoms with Gasteiger partial charge < -0.3 is 0 Å². The van der Waals surface area contributed by atoms with Crippen LogP contribution in [0.4, 0.5) is 5.69 Å². The Morgan fingerprint density at radius 1 is 1.00 bits per heavy atom. The molecule has 2 aromatic carbocycles. The topological polar surface area (TPSA) is 39.7 Å². The van der Waals surface area contributed by atoms with Crippen LogP contribution in [-0.2, 0) is 11.3 Å². The van der Waals surface area contributed by atoms with Crippen molar-refractivity contribution in [2.24, 2.45) is 0 Å². The number of piperazine rings is 1. The molecule has 1 aromatic heterocycles. The highest BCUT2D eigenvalue weighted by Gasteiger charge is 2.26. The highest BCUT2D eigenvalue weighted by Crippen LogP contribution is 2.21. The number of anilines is 1. The molecular formula is C24H28N4O. The van der Waals surface area contributed by atoms with Crippen molar-refractivity contribution in [3.05, 3.63) is 71.9 Å². The number of hydrazine groups is 1. The minimum absolute atomic E-state index is 0.139. The number of carbonyl (C=O) groups is 1. The molecule has 0 aliphatic carbocycles. The Balaban J connectivity index is 1.43. The third kappa shape index (κ3) is 4.47. The van der Waals surface area contributed by atoms with Gasteiger partial charge in [0.1, 0.15) is 0 Å². The zero-order valence-electron chi connectivity index (χ0n) is 17.2. The molecule has 4 rings (SSSR count). The van der Waals surface area contributed by atoms with Gasteiger partial charge in [0.15, 0.2) is 0 Å². The van der Waals surface area contributed by atoms with E-state index in [1.807, 2.05) is 36.2 Å². The summed E-state index contributed by atoms with van der Waals surface area (Å²) in [6.45, 7) is 8.30. The Morgan fingerprint density at radius 3 is 2.55 bits per heavy atom. The maximum Gasteiger partial charge on any atom is 0.241 e. The molecule has 1 aliphatic rings. The zero-order chi connectivity index (χ0) is 20.2. The second-order valence-corrected chi connectivity index (χ2v) is 7.62. The number of benzene rings is 2. The first-order chi connectivity index (χ1) is 14.1. The van der Waals surface area contributed by atoms with Crippen LogP contribution in [0, 0.1) is 6.92 Å². The summed E-state index contributed by atoms with van der Waals surface area (Å²) in [6, 6.07) is 20.7. The molecular weight excluding hydrogens is 360 g/mol. The van der Waals surface area contributed by atoms with E-state index in [4.69, 9.17) is 4.98 Å². The zero-order valence-corrected chi connectivity index (χ0v) is 17.2. The lowest BCUT2D eigenvalue weighted by Gasteiger charge is -2.41. The predicted octanol–water partition coefficient (Wildman–Crippen LogP) is 4.02. The van der Waals surface area contributed by atoms with Crippen LogP contribution in [0.5, 0.6) is 0 Å². The molecule has 0 spiro atoms. The van der Waals surface area contributed by atoms with Gasteiger partial charge in [-0.1, -0.05) is 43.3 Å². The first kappa shape index (κ1) is 19.6. The van der Waals surface area contributed by atoms with Gasteiger partial charge in [-0.2, -0.15) is 0 Å². The molecule has 1 aliphatic heterocycles. The second-order valence-electron chi connectivity index (χ2n) is 7.62. The normalized spacial score (nSPS) is 15.5. The smallest absolute Gasteiger partial charge is 0.241 e. The van der Waals surface area contributed by atoms with Gasteiger partial charge in [-0.15, -0.1) is 0 Å². The Morgan fingerprint density at radius 2 is 1.79 bits per heavy atom. The van der Waals surface area contributed by atoms with E-state index < -0.39 is 0 Å². The Labute approximate surface area is 172 Å². The van der Waals surface area contributed by atoms with Crippen LogP contribution in [0.2, 0.25) is 0 Å². The van der Waals surface area contributed by atoms with Crippen molar-refractivity contribution in [3.8, 4) is 0 Å². The van der Waals surface area contributed by atoms with Gasteiger partial charge >= 0.3 is 0 Å². The number of carbonyl (C=O) groups excluding carboxylic acids is 1. The van der Waals surface area contributed by atoms with Crippen LogP contribution in [0.15, 0.2) is 60.7 Å². The van der Waals surface area contributed by atoms with Crippen molar-refractivity contribution >= 4 is 22.5 Å². The number of amides is 1. The monoisotopic (exact) mass is 388 g/mol. The summed E-state index contributed by atoms with van der Waals surface area (Å²) in [5.41, 5.74) is 4.26. The standard InChI is InChI=1S/C24H28N4O/c1-3-24(29)28(22-9-6-7-19(2)17-22)27-15-13-26(14-16-27)18-21-12-11-20-8-4-5-10-23(20)25-21/h4-12,17H,3,13-16,18H2,1-2H3. The van der Waals surface area contributed by atoms with Crippen LogP contribution in [0.1, 0.15) is 24.6 Å². The number of para-hydroxylation sites is 1. The highest BCUT2D eigenvalue weighted by molar-refractivity contribution is 5.92. The summed E-state index contributed by atoms with van der Waals surface area (Å²) >= 11 is 0. The highest BCUT2D eigenvalue weighted by atomic mass is 16.2. The maximum atomic E-state index is 12.7. The fraction of sp³-hybridized carbons (Fsp3) is 0.333. The van der Waals surface area contributed by atoms with E-state index in [0.29, 0.717) is 6.42 Å². The van der Waals surface area contributed by atoms with Gasteiger partial charge in [0.05, 0.1) is 16.9 Å². The summed E-state index contributed by atoms with van der Waals surface area (Å²) in [6.07, 6.45) is 0.495. The Kier molecular flexibility index (Phi) is 5.88. The summed E-state index contributed by atoms with van der Waals surface area (Å²) in [7, 11) is 0. The van der Waals surface area contributed by atoms with E-state index in [1.165, 1.54) is 5.39 Å². The van der Waals surface area contributed by atoms with Crippen LogP contribution in [0.3, 0.4) is 0 Å². The number of fused-ring (bicyclic) bond motifs is 1. The SMILES string of the molecule is CCC(=O)N(c1cccc(C)c1)N1CCN(Cc2ccc3ccccc3n2)CC1. The molecule has 2 heterocycles.